The number of methoxy groups -OCH3 is 4. The number of aromatic nitrogens is 4. The summed E-state index contributed by atoms with van der Waals surface area (Å²) in [6.45, 7) is -0.133. The summed E-state index contributed by atoms with van der Waals surface area (Å²) in [6, 6.07) is 15.4. The molecule has 1 N–H and O–H groups in total. The molecule has 1 atom stereocenters. The van der Waals surface area contributed by atoms with E-state index in [1.54, 1.807) is 57.7 Å². The first-order valence-electron chi connectivity index (χ1n) is 15.9. The lowest BCUT2D eigenvalue weighted by Gasteiger charge is -2.33. The van der Waals surface area contributed by atoms with E-state index in [0.717, 1.165) is 37.7 Å². The predicted octanol–water partition coefficient (Wildman–Crippen LogP) is 4.78. The number of nitrogens with zero attached hydrogens (tertiary/aromatic N) is 5. The minimum atomic E-state index is -1.03. The maximum atomic E-state index is 14.2. The Kier molecular flexibility index (Phi) is 11.4. The third kappa shape index (κ3) is 8.20. The summed E-state index contributed by atoms with van der Waals surface area (Å²) in [6.07, 6.45) is 5.29. The summed E-state index contributed by atoms with van der Waals surface area (Å²) in [4.78, 5) is 31.0. The highest BCUT2D eigenvalue weighted by Gasteiger charge is 2.33. The molecular weight excluding hydrogens is 619 g/mol. The monoisotopic (exact) mass is 660 g/mol. The lowest BCUT2D eigenvalue weighted by atomic mass is 9.94. The lowest BCUT2D eigenvalue weighted by molar-refractivity contribution is -0.142. The number of amides is 2. The summed E-state index contributed by atoms with van der Waals surface area (Å²) >= 11 is 0. The van der Waals surface area contributed by atoms with Crippen LogP contribution in [0.25, 0.3) is 11.4 Å². The van der Waals surface area contributed by atoms with E-state index in [9.17, 15) is 14.0 Å². The number of halogens is 1. The van der Waals surface area contributed by atoms with Crippen LogP contribution >= 0.6 is 0 Å². The molecule has 1 unspecified atom stereocenters. The van der Waals surface area contributed by atoms with Gasteiger partial charge >= 0.3 is 0 Å². The molecule has 13 heteroatoms. The molecule has 48 heavy (non-hydrogen) atoms. The lowest BCUT2D eigenvalue weighted by Crippen LogP contribution is -2.48. The number of ether oxygens (including phenoxy) is 4. The van der Waals surface area contributed by atoms with Crippen LogP contribution in [0.1, 0.15) is 49.3 Å². The molecule has 1 aromatic heterocycles. The van der Waals surface area contributed by atoms with Crippen LogP contribution in [0.4, 0.5) is 4.39 Å². The average molecular weight is 661 g/mol. The number of hydrogen-bond acceptors (Lipinski definition) is 9. The van der Waals surface area contributed by atoms with Crippen molar-refractivity contribution in [3.05, 3.63) is 77.6 Å². The normalized spacial score (nSPS) is 13.8. The molecule has 254 valence electrons. The van der Waals surface area contributed by atoms with Crippen molar-refractivity contribution < 1.29 is 32.9 Å². The van der Waals surface area contributed by atoms with Crippen molar-refractivity contribution in [3.63, 3.8) is 0 Å². The molecular formula is C35H41FN6O6. The molecule has 2 amide bonds. The third-order valence-electron chi connectivity index (χ3n) is 8.48. The Morgan fingerprint density at radius 2 is 1.52 bits per heavy atom. The van der Waals surface area contributed by atoms with Gasteiger partial charge in [-0.15, -0.1) is 10.2 Å². The molecule has 0 radical (unpaired) electrons. The van der Waals surface area contributed by atoms with E-state index in [4.69, 9.17) is 18.9 Å². The number of hydrogen-bond donors (Lipinski definition) is 1. The van der Waals surface area contributed by atoms with Gasteiger partial charge in [0.15, 0.2) is 23.0 Å². The summed E-state index contributed by atoms with van der Waals surface area (Å²) in [5.41, 5.74) is 1.97. The van der Waals surface area contributed by atoms with Crippen LogP contribution in [0.2, 0.25) is 0 Å². The standard InChI is InChI=1S/C35H41FN6O6/c1-45-28-16-10-23(20-30(28)47-3)18-19-41(33(24-11-14-26(36)15-12-24)35(44)37-27-8-6-5-7-9-27)32(43)22-42-39-34(38-40-42)25-13-17-29(46-2)31(21-25)48-4/h10-17,20-21,27,33H,5-9,18-19,22H2,1-4H3,(H,37,44). The van der Waals surface area contributed by atoms with Crippen molar-refractivity contribution in [2.24, 2.45) is 0 Å². The second-order valence-electron chi connectivity index (χ2n) is 11.5. The van der Waals surface area contributed by atoms with Gasteiger partial charge in [-0.25, -0.2) is 4.39 Å². The first-order chi connectivity index (χ1) is 23.3. The van der Waals surface area contributed by atoms with E-state index in [1.807, 2.05) is 12.1 Å². The number of carbonyl (C=O) groups is 2. The van der Waals surface area contributed by atoms with Crippen LogP contribution < -0.4 is 24.3 Å². The Morgan fingerprint density at radius 1 is 0.875 bits per heavy atom. The number of rotatable bonds is 14. The topological polar surface area (TPSA) is 130 Å². The molecule has 5 rings (SSSR count). The minimum absolute atomic E-state index is 0.00183. The Hall–Kier alpha value is -5.20. The average Bonchev–Trinajstić information content (AvgIpc) is 3.58. The second-order valence-corrected chi connectivity index (χ2v) is 11.5. The predicted molar refractivity (Wildman–Crippen MR) is 175 cm³/mol. The van der Waals surface area contributed by atoms with Crippen LogP contribution in [0, 0.1) is 5.82 Å². The van der Waals surface area contributed by atoms with Gasteiger partial charge in [0.25, 0.3) is 0 Å². The molecule has 1 heterocycles. The third-order valence-corrected chi connectivity index (χ3v) is 8.48. The molecule has 1 aliphatic carbocycles. The maximum Gasteiger partial charge on any atom is 0.247 e. The van der Waals surface area contributed by atoms with Crippen molar-refractivity contribution in [3.8, 4) is 34.4 Å². The van der Waals surface area contributed by atoms with Gasteiger partial charge in [0.05, 0.1) is 28.4 Å². The number of benzene rings is 3. The van der Waals surface area contributed by atoms with Gasteiger partial charge in [-0.3, -0.25) is 9.59 Å². The zero-order chi connectivity index (χ0) is 34.0. The van der Waals surface area contributed by atoms with E-state index >= 15 is 0 Å². The molecule has 0 spiro atoms. The first-order valence-corrected chi connectivity index (χ1v) is 15.9. The van der Waals surface area contributed by atoms with Crippen LogP contribution in [-0.2, 0) is 22.6 Å². The van der Waals surface area contributed by atoms with Crippen molar-refractivity contribution in [2.75, 3.05) is 35.0 Å². The quantitative estimate of drug-likeness (QED) is 0.203. The summed E-state index contributed by atoms with van der Waals surface area (Å²) in [5.74, 6) is 1.27. The second kappa shape index (κ2) is 16.1. The number of carbonyl (C=O) groups excluding carboxylic acids is 2. The highest BCUT2D eigenvalue weighted by molar-refractivity contribution is 5.89. The Bertz CT molecular complexity index is 1690. The molecule has 4 aromatic rings. The fraction of sp³-hybridized carbons (Fsp3) is 0.400. The van der Waals surface area contributed by atoms with E-state index < -0.39 is 17.8 Å². The molecule has 1 aliphatic rings. The SMILES string of the molecule is COc1ccc(CCN(C(=O)Cn2nnc(-c3ccc(OC)c(OC)c3)n2)C(C(=O)NC2CCCCC2)c2ccc(F)cc2)cc1OC. The van der Waals surface area contributed by atoms with Gasteiger partial charge in [0.1, 0.15) is 18.4 Å². The molecule has 12 nitrogen and oxygen atoms in total. The van der Waals surface area contributed by atoms with Crippen molar-refractivity contribution in [1.29, 1.82) is 0 Å². The molecule has 0 bridgehead atoms. The summed E-state index contributed by atoms with van der Waals surface area (Å²) in [7, 11) is 6.19. The fourth-order valence-electron chi connectivity index (χ4n) is 5.94. The van der Waals surface area contributed by atoms with Crippen LogP contribution in [0.3, 0.4) is 0 Å². The van der Waals surface area contributed by atoms with Gasteiger partial charge in [-0.2, -0.15) is 4.80 Å². The van der Waals surface area contributed by atoms with E-state index in [-0.39, 0.29) is 30.9 Å². The fourth-order valence-corrected chi connectivity index (χ4v) is 5.94. The van der Waals surface area contributed by atoms with E-state index in [1.165, 1.54) is 28.9 Å². The summed E-state index contributed by atoms with van der Waals surface area (Å²) in [5, 5.41) is 15.9. The van der Waals surface area contributed by atoms with Crippen LogP contribution in [0.5, 0.6) is 23.0 Å². The molecule has 3 aromatic carbocycles. The largest absolute Gasteiger partial charge is 0.493 e. The molecule has 1 fully saturated rings. The zero-order valence-electron chi connectivity index (χ0n) is 27.6. The smallest absolute Gasteiger partial charge is 0.247 e. The van der Waals surface area contributed by atoms with Crippen molar-refractivity contribution in [1.82, 2.24) is 30.4 Å². The van der Waals surface area contributed by atoms with E-state index in [0.29, 0.717) is 40.5 Å². The summed E-state index contributed by atoms with van der Waals surface area (Å²) < 4.78 is 35.6. The molecule has 0 aliphatic heterocycles. The van der Waals surface area contributed by atoms with Crippen molar-refractivity contribution in [2.45, 2.75) is 57.2 Å². The van der Waals surface area contributed by atoms with E-state index in [2.05, 4.69) is 20.7 Å². The highest BCUT2D eigenvalue weighted by atomic mass is 19.1. The molecule has 0 saturated heterocycles. The Labute approximate surface area is 279 Å². The van der Waals surface area contributed by atoms with Crippen molar-refractivity contribution >= 4 is 11.8 Å². The minimum Gasteiger partial charge on any atom is -0.493 e. The van der Waals surface area contributed by atoms with Gasteiger partial charge in [-0.1, -0.05) is 37.5 Å². The van der Waals surface area contributed by atoms with Gasteiger partial charge in [0.2, 0.25) is 17.6 Å². The van der Waals surface area contributed by atoms with Crippen LogP contribution in [0.15, 0.2) is 60.7 Å². The van der Waals surface area contributed by atoms with Gasteiger partial charge in [-0.05, 0) is 78.1 Å². The van der Waals surface area contributed by atoms with Crippen LogP contribution in [-0.4, -0.2) is 77.9 Å². The Morgan fingerprint density at radius 3 is 2.19 bits per heavy atom. The van der Waals surface area contributed by atoms with Gasteiger partial charge in [0, 0.05) is 18.2 Å². The first kappa shape index (κ1) is 34.1. The highest BCUT2D eigenvalue weighted by Crippen LogP contribution is 2.32. The van der Waals surface area contributed by atoms with Gasteiger partial charge < -0.3 is 29.2 Å². The zero-order valence-corrected chi connectivity index (χ0v) is 27.6. The maximum absolute atomic E-state index is 14.2. The number of nitrogens with one attached hydrogen (secondary N) is 1. The Balaban J connectivity index is 1.46. The number of tetrazole rings is 1. The molecule has 1 saturated carbocycles.